The molecule has 0 aromatic carbocycles. The lowest BCUT2D eigenvalue weighted by atomic mass is 9.97. The van der Waals surface area contributed by atoms with Crippen molar-refractivity contribution in [2.24, 2.45) is 15.9 Å². The van der Waals surface area contributed by atoms with Gasteiger partial charge in [0.15, 0.2) is 0 Å². The van der Waals surface area contributed by atoms with Gasteiger partial charge in [-0.05, 0) is 19.1 Å². The number of aromatic nitrogens is 1. The van der Waals surface area contributed by atoms with Crippen LogP contribution in [0.2, 0.25) is 0 Å². The monoisotopic (exact) mass is 286 g/mol. The number of aliphatic imine (C=N–C) groups is 1. The van der Waals surface area contributed by atoms with Gasteiger partial charge in [0.2, 0.25) is 11.8 Å². The zero-order valence-corrected chi connectivity index (χ0v) is 11.1. The number of nitriles is 1. The maximum Gasteiger partial charge on any atom is 0.231 e. The molecule has 0 atom stereocenters. The fraction of sp³-hybridized carbons (Fsp3) is 0.154. The fourth-order valence-corrected chi connectivity index (χ4v) is 1.88. The summed E-state index contributed by atoms with van der Waals surface area (Å²) in [4.78, 5) is 7.63. The van der Waals surface area contributed by atoms with E-state index >= 15 is 0 Å². The van der Waals surface area contributed by atoms with Crippen molar-refractivity contribution in [1.82, 2.24) is 4.98 Å². The van der Waals surface area contributed by atoms with E-state index in [4.69, 9.17) is 21.6 Å². The molecule has 0 amide bonds. The van der Waals surface area contributed by atoms with E-state index in [1.54, 1.807) is 13.0 Å². The van der Waals surface area contributed by atoms with Gasteiger partial charge in [-0.3, -0.25) is 5.41 Å². The molecule has 8 heteroatoms. The van der Waals surface area contributed by atoms with Crippen LogP contribution in [0.5, 0.6) is 0 Å². The molecule has 0 spiro atoms. The highest BCUT2D eigenvalue weighted by Gasteiger charge is 2.23. The molecule has 2 rings (SSSR count). The van der Waals surface area contributed by atoms with Crippen LogP contribution in [0.3, 0.4) is 0 Å². The molecule has 0 bridgehead atoms. The van der Waals surface area contributed by atoms with Gasteiger partial charge in [0, 0.05) is 23.4 Å². The molecule has 1 aliphatic heterocycles. The highest BCUT2D eigenvalue weighted by atomic mass is 19.1. The van der Waals surface area contributed by atoms with Crippen molar-refractivity contribution in [2.45, 2.75) is 13.3 Å². The number of rotatable bonds is 2. The number of amidine groups is 1. The normalized spacial score (nSPS) is 16.9. The topological polar surface area (TPSA) is 132 Å². The van der Waals surface area contributed by atoms with E-state index in [1.165, 1.54) is 12.1 Å². The van der Waals surface area contributed by atoms with Crippen LogP contribution in [0.25, 0.3) is 0 Å². The first-order chi connectivity index (χ1) is 9.97. The van der Waals surface area contributed by atoms with Crippen LogP contribution in [0.1, 0.15) is 18.2 Å². The molecule has 1 aliphatic rings. The van der Waals surface area contributed by atoms with E-state index < -0.39 is 5.95 Å². The van der Waals surface area contributed by atoms with Crippen molar-refractivity contribution in [1.29, 1.82) is 10.7 Å². The predicted molar refractivity (Wildman–Crippen MR) is 73.9 cm³/mol. The molecule has 2 heterocycles. The lowest BCUT2D eigenvalue weighted by Gasteiger charge is -2.17. The van der Waals surface area contributed by atoms with E-state index in [0.717, 1.165) is 0 Å². The Bertz CT molecular complexity index is 756. The molecule has 1 aromatic rings. The third kappa shape index (κ3) is 2.62. The molecule has 0 fully saturated rings. The SMILES string of the molecule is CC1=N/C(=N/O)C(=N)C(N)=C1Cc1ccc(C#N)c(F)n1. The number of hydrogen-bond donors (Lipinski definition) is 3. The Labute approximate surface area is 119 Å². The number of nitrogens with two attached hydrogens (primary N) is 1. The molecular formula is C13H11FN6O. The quantitative estimate of drug-likeness (QED) is 0.427. The van der Waals surface area contributed by atoms with Gasteiger partial charge in [0.05, 0.1) is 5.70 Å². The summed E-state index contributed by atoms with van der Waals surface area (Å²) in [6.07, 6.45) is 0.158. The van der Waals surface area contributed by atoms with Gasteiger partial charge < -0.3 is 10.9 Å². The van der Waals surface area contributed by atoms with Crippen molar-refractivity contribution >= 4 is 17.3 Å². The Hall–Kier alpha value is -3.08. The van der Waals surface area contributed by atoms with Crippen LogP contribution in [0.15, 0.2) is 33.6 Å². The van der Waals surface area contributed by atoms with Gasteiger partial charge in [0.1, 0.15) is 17.3 Å². The minimum absolute atomic E-state index is 0.0990. The first-order valence-electron chi connectivity index (χ1n) is 5.89. The van der Waals surface area contributed by atoms with Crippen LogP contribution in [0.4, 0.5) is 4.39 Å². The molecule has 1 aromatic heterocycles. The number of pyridine rings is 1. The third-order valence-corrected chi connectivity index (χ3v) is 3.01. The summed E-state index contributed by atoms with van der Waals surface area (Å²) in [6, 6.07) is 4.53. The Kier molecular flexibility index (Phi) is 3.75. The minimum Gasteiger partial charge on any atom is -0.409 e. The first kappa shape index (κ1) is 14.3. The second-order valence-electron chi connectivity index (χ2n) is 4.32. The number of dihydropyridines is 1. The van der Waals surface area contributed by atoms with Gasteiger partial charge >= 0.3 is 0 Å². The number of oxime groups is 1. The van der Waals surface area contributed by atoms with Crippen molar-refractivity contribution in [2.75, 3.05) is 0 Å². The van der Waals surface area contributed by atoms with Crippen LogP contribution < -0.4 is 5.73 Å². The maximum absolute atomic E-state index is 13.5. The van der Waals surface area contributed by atoms with E-state index in [0.29, 0.717) is 17.0 Å². The van der Waals surface area contributed by atoms with Gasteiger partial charge in [-0.25, -0.2) is 9.98 Å². The highest BCUT2D eigenvalue weighted by Crippen LogP contribution is 2.17. The summed E-state index contributed by atoms with van der Waals surface area (Å²) >= 11 is 0. The maximum atomic E-state index is 13.5. The van der Waals surface area contributed by atoms with Crippen LogP contribution in [-0.2, 0) is 6.42 Å². The molecule has 4 N–H and O–H groups in total. The van der Waals surface area contributed by atoms with Crippen molar-refractivity contribution < 1.29 is 9.60 Å². The Morgan fingerprint density at radius 3 is 2.81 bits per heavy atom. The zero-order chi connectivity index (χ0) is 15.6. The summed E-state index contributed by atoms with van der Waals surface area (Å²) in [5.74, 6) is -1.03. The molecule has 0 saturated heterocycles. The molecule has 0 unspecified atom stereocenters. The molecule has 0 aliphatic carbocycles. The summed E-state index contributed by atoms with van der Waals surface area (Å²) < 4.78 is 13.5. The standard InChI is InChI=1S/C13H11FN6O/c1-6-9(10(16)11(17)13(18-6)20-21)4-8-3-2-7(5-15)12(14)19-8/h2-3,17,21H,4,16H2,1H3/b17-11?,20-13+. The van der Waals surface area contributed by atoms with Crippen LogP contribution in [0, 0.1) is 22.7 Å². The second-order valence-corrected chi connectivity index (χ2v) is 4.32. The number of nitrogens with zero attached hydrogens (tertiary/aromatic N) is 4. The second kappa shape index (κ2) is 5.50. The summed E-state index contributed by atoms with van der Waals surface area (Å²) in [5.41, 5.74) is 6.91. The largest absolute Gasteiger partial charge is 0.409 e. The fourth-order valence-electron chi connectivity index (χ4n) is 1.88. The predicted octanol–water partition coefficient (Wildman–Crippen LogP) is 1.13. The average molecular weight is 286 g/mol. The highest BCUT2D eigenvalue weighted by molar-refractivity contribution is 6.50. The number of allylic oxidation sites excluding steroid dienone is 1. The average Bonchev–Trinajstić information content (AvgIpc) is 2.47. The van der Waals surface area contributed by atoms with Gasteiger partial charge in [-0.15, -0.1) is 0 Å². The number of hydrogen-bond acceptors (Lipinski definition) is 6. The van der Waals surface area contributed by atoms with Crippen molar-refractivity contribution in [3.8, 4) is 6.07 Å². The van der Waals surface area contributed by atoms with Crippen molar-refractivity contribution in [3.63, 3.8) is 0 Å². The summed E-state index contributed by atoms with van der Waals surface area (Å²) in [7, 11) is 0. The van der Waals surface area contributed by atoms with Gasteiger partial charge in [-0.2, -0.15) is 9.65 Å². The van der Waals surface area contributed by atoms with Crippen LogP contribution in [-0.4, -0.2) is 27.5 Å². The third-order valence-electron chi connectivity index (χ3n) is 3.01. The van der Waals surface area contributed by atoms with E-state index in [1.807, 2.05) is 0 Å². The molecule has 21 heavy (non-hydrogen) atoms. The Morgan fingerprint density at radius 2 is 2.24 bits per heavy atom. The van der Waals surface area contributed by atoms with Gasteiger partial charge in [-0.1, -0.05) is 5.16 Å². The molecule has 0 saturated carbocycles. The van der Waals surface area contributed by atoms with E-state index in [2.05, 4.69) is 15.1 Å². The Balaban J connectivity index is 2.38. The molecule has 7 nitrogen and oxygen atoms in total. The molecule has 0 radical (unpaired) electrons. The molecular weight excluding hydrogens is 275 g/mol. The number of nitrogens with one attached hydrogen (secondary N) is 1. The Morgan fingerprint density at radius 1 is 1.52 bits per heavy atom. The van der Waals surface area contributed by atoms with E-state index in [9.17, 15) is 4.39 Å². The van der Waals surface area contributed by atoms with Gasteiger partial charge in [0.25, 0.3) is 0 Å². The molecule has 106 valence electrons. The first-order valence-corrected chi connectivity index (χ1v) is 5.89. The minimum atomic E-state index is -0.854. The van der Waals surface area contributed by atoms with E-state index in [-0.39, 0.29) is 29.2 Å². The van der Waals surface area contributed by atoms with Crippen LogP contribution >= 0.6 is 0 Å². The lowest BCUT2D eigenvalue weighted by Crippen LogP contribution is -2.29. The van der Waals surface area contributed by atoms with Crippen molar-refractivity contribution in [3.05, 3.63) is 40.6 Å². The number of halogens is 1. The smallest absolute Gasteiger partial charge is 0.231 e. The summed E-state index contributed by atoms with van der Waals surface area (Å²) in [6.45, 7) is 1.64. The summed E-state index contributed by atoms with van der Waals surface area (Å²) in [5, 5.41) is 28.0. The lowest BCUT2D eigenvalue weighted by molar-refractivity contribution is 0.319. The zero-order valence-electron chi connectivity index (χ0n) is 11.1.